The zero-order chi connectivity index (χ0) is 19.1. The Bertz CT molecular complexity index is 683. The van der Waals surface area contributed by atoms with Gasteiger partial charge in [0.2, 0.25) is 11.8 Å². The third-order valence-corrected chi connectivity index (χ3v) is 4.28. The van der Waals surface area contributed by atoms with Crippen molar-refractivity contribution in [2.75, 3.05) is 18.5 Å². The Morgan fingerprint density at radius 2 is 1.92 bits per heavy atom. The van der Waals surface area contributed by atoms with E-state index >= 15 is 0 Å². The first kappa shape index (κ1) is 19.8. The van der Waals surface area contributed by atoms with Crippen LogP contribution in [0.4, 0.5) is 5.69 Å². The third-order valence-electron chi connectivity index (χ3n) is 3.86. The summed E-state index contributed by atoms with van der Waals surface area (Å²) in [5.74, 6) is -1.06. The van der Waals surface area contributed by atoms with Crippen molar-refractivity contribution in [1.29, 1.82) is 0 Å². The zero-order valence-electron chi connectivity index (χ0n) is 14.5. The Balaban J connectivity index is 2.08. The second kappa shape index (κ2) is 9.25. The Labute approximate surface area is 157 Å². The maximum atomic E-state index is 12.6. The number of hydrogen-bond donors (Lipinski definition) is 3. The second-order valence-corrected chi connectivity index (χ2v) is 6.10. The molecule has 1 aromatic rings. The van der Waals surface area contributed by atoms with E-state index < -0.39 is 6.04 Å². The quantitative estimate of drug-likeness (QED) is 0.574. The van der Waals surface area contributed by atoms with Gasteiger partial charge in [0.15, 0.2) is 5.11 Å². The van der Waals surface area contributed by atoms with E-state index in [-0.39, 0.29) is 42.3 Å². The van der Waals surface area contributed by atoms with Crippen LogP contribution >= 0.6 is 12.2 Å². The lowest BCUT2D eigenvalue weighted by Crippen LogP contribution is -2.49. The average Bonchev–Trinajstić information content (AvgIpc) is 2.84. The molecule has 140 valence electrons. The summed E-state index contributed by atoms with van der Waals surface area (Å²) in [6, 6.07) is 7.99. The van der Waals surface area contributed by atoms with Crippen molar-refractivity contribution in [3.8, 4) is 0 Å². The molecule has 0 spiro atoms. The van der Waals surface area contributed by atoms with Gasteiger partial charge in [-0.3, -0.25) is 24.7 Å². The molecule has 1 aliphatic heterocycles. The number of likely N-dealkylation sites (N-methyl/N-ethyl adjacent to an activating group) is 1. The summed E-state index contributed by atoms with van der Waals surface area (Å²) in [6.07, 6.45) is 0.251. The molecule has 8 nitrogen and oxygen atoms in total. The van der Waals surface area contributed by atoms with Crippen molar-refractivity contribution in [3.63, 3.8) is 0 Å². The molecular weight excluding hydrogens is 356 g/mol. The Kier molecular flexibility index (Phi) is 7.05. The van der Waals surface area contributed by atoms with Crippen LogP contribution in [0.3, 0.4) is 0 Å². The van der Waals surface area contributed by atoms with E-state index in [1.54, 1.807) is 31.2 Å². The standard InChI is InChI=1S/C17H22N4O4S/c1-2-20-16(25)13(11-15(24)18-12-7-4-3-5-8-12)21(17(20)26)19-14(23)9-6-10-22/h3-5,7-8,13,22H,2,6,9-11H2,1H3,(H,18,24)(H,19,23). The highest BCUT2D eigenvalue weighted by atomic mass is 32.1. The molecule has 0 bridgehead atoms. The molecule has 1 aliphatic rings. The maximum Gasteiger partial charge on any atom is 0.254 e. The van der Waals surface area contributed by atoms with Gasteiger partial charge in [-0.25, -0.2) is 5.01 Å². The van der Waals surface area contributed by atoms with Crippen LogP contribution in [0, 0.1) is 0 Å². The summed E-state index contributed by atoms with van der Waals surface area (Å²) in [6.45, 7) is 2.00. The van der Waals surface area contributed by atoms with Crippen molar-refractivity contribution in [2.24, 2.45) is 0 Å². The topological polar surface area (TPSA) is 102 Å². The van der Waals surface area contributed by atoms with Crippen LogP contribution in [-0.4, -0.2) is 57.0 Å². The maximum absolute atomic E-state index is 12.6. The van der Waals surface area contributed by atoms with E-state index in [1.165, 1.54) is 9.91 Å². The molecule has 1 heterocycles. The van der Waals surface area contributed by atoms with Gasteiger partial charge in [-0.05, 0) is 37.7 Å². The number of para-hydroxylation sites is 1. The highest BCUT2D eigenvalue weighted by Crippen LogP contribution is 2.19. The minimum Gasteiger partial charge on any atom is -0.396 e. The molecule has 0 radical (unpaired) electrons. The van der Waals surface area contributed by atoms with Gasteiger partial charge in [0.1, 0.15) is 6.04 Å². The zero-order valence-corrected chi connectivity index (χ0v) is 15.3. The number of carbonyl (C=O) groups excluding carboxylic acids is 3. The molecule has 0 aliphatic carbocycles. The van der Waals surface area contributed by atoms with E-state index in [4.69, 9.17) is 17.3 Å². The number of nitrogens with one attached hydrogen (secondary N) is 2. The van der Waals surface area contributed by atoms with Crippen LogP contribution in [0.5, 0.6) is 0 Å². The molecule has 3 amide bonds. The molecule has 26 heavy (non-hydrogen) atoms. The number of hydrazine groups is 1. The first-order valence-electron chi connectivity index (χ1n) is 8.37. The van der Waals surface area contributed by atoms with Crippen LogP contribution in [0.1, 0.15) is 26.2 Å². The molecule has 1 aromatic carbocycles. The molecule has 1 fully saturated rings. The van der Waals surface area contributed by atoms with Gasteiger partial charge in [-0.1, -0.05) is 18.2 Å². The first-order chi connectivity index (χ1) is 12.5. The van der Waals surface area contributed by atoms with E-state index in [1.807, 2.05) is 6.07 Å². The number of hydrogen-bond acceptors (Lipinski definition) is 5. The lowest BCUT2D eigenvalue weighted by atomic mass is 10.2. The SMILES string of the molecule is CCN1C(=O)C(CC(=O)Nc2ccccc2)N(NC(=O)CCCO)C1=S. The number of benzene rings is 1. The van der Waals surface area contributed by atoms with Crippen molar-refractivity contribution in [2.45, 2.75) is 32.2 Å². The molecule has 1 atom stereocenters. The largest absolute Gasteiger partial charge is 0.396 e. The number of carbonyl (C=O) groups is 3. The molecule has 0 saturated carbocycles. The minimum atomic E-state index is -0.899. The van der Waals surface area contributed by atoms with E-state index in [0.717, 1.165) is 0 Å². The summed E-state index contributed by atoms with van der Waals surface area (Å²) < 4.78 is 0. The Hall–Kier alpha value is -2.52. The number of nitrogens with zero attached hydrogens (tertiary/aromatic N) is 2. The number of aliphatic hydroxyl groups is 1. The molecule has 0 aromatic heterocycles. The summed E-state index contributed by atoms with van der Waals surface area (Å²) >= 11 is 5.26. The van der Waals surface area contributed by atoms with Crippen LogP contribution in [-0.2, 0) is 14.4 Å². The predicted molar refractivity (Wildman–Crippen MR) is 99.8 cm³/mol. The van der Waals surface area contributed by atoms with E-state index in [9.17, 15) is 14.4 Å². The smallest absolute Gasteiger partial charge is 0.254 e. The number of amides is 3. The fourth-order valence-electron chi connectivity index (χ4n) is 2.58. The minimum absolute atomic E-state index is 0.0961. The lowest BCUT2D eigenvalue weighted by Gasteiger charge is -2.24. The normalized spacial score (nSPS) is 16.8. The summed E-state index contributed by atoms with van der Waals surface area (Å²) in [4.78, 5) is 38.2. The second-order valence-electron chi connectivity index (χ2n) is 5.73. The van der Waals surface area contributed by atoms with Gasteiger partial charge in [0.25, 0.3) is 5.91 Å². The van der Waals surface area contributed by atoms with Crippen LogP contribution in [0.25, 0.3) is 0 Å². The molecule has 2 rings (SSSR count). The van der Waals surface area contributed by atoms with Crippen LogP contribution in [0.15, 0.2) is 30.3 Å². The molecule has 1 unspecified atom stereocenters. The molecule has 9 heteroatoms. The Morgan fingerprint density at radius 3 is 2.54 bits per heavy atom. The van der Waals surface area contributed by atoms with Gasteiger partial charge in [-0.2, -0.15) is 0 Å². The highest BCUT2D eigenvalue weighted by molar-refractivity contribution is 7.80. The Morgan fingerprint density at radius 1 is 1.23 bits per heavy atom. The fourth-order valence-corrected chi connectivity index (χ4v) is 2.97. The summed E-state index contributed by atoms with van der Waals surface area (Å²) in [7, 11) is 0. The van der Waals surface area contributed by atoms with Crippen LogP contribution in [0.2, 0.25) is 0 Å². The monoisotopic (exact) mass is 378 g/mol. The van der Waals surface area contributed by atoms with Crippen molar-refractivity contribution in [1.82, 2.24) is 15.3 Å². The van der Waals surface area contributed by atoms with Gasteiger partial charge in [-0.15, -0.1) is 0 Å². The van der Waals surface area contributed by atoms with E-state index in [2.05, 4.69) is 10.7 Å². The van der Waals surface area contributed by atoms with Crippen molar-refractivity contribution < 1.29 is 19.5 Å². The number of aliphatic hydroxyl groups excluding tert-OH is 1. The van der Waals surface area contributed by atoms with Gasteiger partial charge in [0.05, 0.1) is 6.42 Å². The third kappa shape index (κ3) is 4.77. The van der Waals surface area contributed by atoms with E-state index in [0.29, 0.717) is 18.7 Å². The summed E-state index contributed by atoms with van der Waals surface area (Å²) in [5.41, 5.74) is 3.20. The van der Waals surface area contributed by atoms with Gasteiger partial charge >= 0.3 is 0 Å². The summed E-state index contributed by atoms with van der Waals surface area (Å²) in [5, 5.41) is 13.0. The van der Waals surface area contributed by atoms with Crippen LogP contribution < -0.4 is 10.7 Å². The fraction of sp³-hybridized carbons (Fsp3) is 0.412. The average molecular weight is 378 g/mol. The molecule has 1 saturated heterocycles. The van der Waals surface area contributed by atoms with Gasteiger partial charge in [0, 0.05) is 25.3 Å². The first-order valence-corrected chi connectivity index (χ1v) is 8.78. The molecule has 3 N–H and O–H groups in total. The number of thiocarbonyl (C=S) groups is 1. The molecular formula is C17H22N4O4S. The van der Waals surface area contributed by atoms with Crippen molar-refractivity contribution in [3.05, 3.63) is 30.3 Å². The highest BCUT2D eigenvalue weighted by Gasteiger charge is 2.43. The number of anilines is 1. The lowest BCUT2D eigenvalue weighted by molar-refractivity contribution is -0.132. The van der Waals surface area contributed by atoms with Gasteiger partial charge < -0.3 is 10.4 Å². The number of rotatable bonds is 8. The van der Waals surface area contributed by atoms with Crippen molar-refractivity contribution >= 4 is 40.7 Å². The predicted octanol–water partition coefficient (Wildman–Crippen LogP) is 0.636.